The zero-order chi connectivity index (χ0) is 13.1. The number of amides is 1. The van der Waals surface area contributed by atoms with E-state index in [2.05, 4.69) is 0 Å². The summed E-state index contributed by atoms with van der Waals surface area (Å²) < 4.78 is 5.31. The second kappa shape index (κ2) is 5.49. The van der Waals surface area contributed by atoms with Gasteiger partial charge < -0.3 is 14.7 Å². The summed E-state index contributed by atoms with van der Waals surface area (Å²) in [6.45, 7) is 6.76. The minimum Gasteiger partial charge on any atom is -0.481 e. The maximum atomic E-state index is 11.8. The summed E-state index contributed by atoms with van der Waals surface area (Å²) in [4.78, 5) is 24.4. The first-order chi connectivity index (χ1) is 7.85. The molecule has 0 unspecified atom stereocenters. The molecular formula is C12H21NO4. The highest BCUT2D eigenvalue weighted by atomic mass is 16.5. The average molecular weight is 243 g/mol. The second-order valence-corrected chi connectivity index (χ2v) is 5.10. The molecule has 98 valence electrons. The van der Waals surface area contributed by atoms with Crippen LogP contribution in [0.5, 0.6) is 0 Å². The van der Waals surface area contributed by atoms with Gasteiger partial charge in [-0.05, 0) is 27.2 Å². The van der Waals surface area contributed by atoms with E-state index in [1.54, 1.807) is 11.8 Å². The van der Waals surface area contributed by atoms with E-state index in [9.17, 15) is 9.59 Å². The molecule has 1 fully saturated rings. The highest BCUT2D eigenvalue weighted by Gasteiger charge is 2.41. The zero-order valence-electron chi connectivity index (χ0n) is 10.7. The molecule has 5 heteroatoms. The summed E-state index contributed by atoms with van der Waals surface area (Å²) in [6.07, 6.45) is 0.971. The van der Waals surface area contributed by atoms with Crippen LogP contribution in [0.4, 0.5) is 0 Å². The van der Waals surface area contributed by atoms with Gasteiger partial charge in [-0.1, -0.05) is 0 Å². The van der Waals surface area contributed by atoms with Gasteiger partial charge in [-0.25, -0.2) is 0 Å². The third kappa shape index (κ3) is 3.70. The standard InChI is InChI=1S/C12H21NO4/c1-9(2)17-7-4-10(14)13-6-5-12(3,8-13)11(15)16/h9H,4-8H2,1-3H3,(H,15,16)/t12-/m1/s1. The quantitative estimate of drug-likeness (QED) is 0.786. The van der Waals surface area contributed by atoms with Crippen LogP contribution in [0.1, 0.15) is 33.6 Å². The molecule has 0 aromatic heterocycles. The molecule has 1 N–H and O–H groups in total. The van der Waals surface area contributed by atoms with E-state index in [1.165, 1.54) is 0 Å². The van der Waals surface area contributed by atoms with Crippen molar-refractivity contribution >= 4 is 11.9 Å². The van der Waals surface area contributed by atoms with Gasteiger partial charge in [0.2, 0.25) is 5.91 Å². The van der Waals surface area contributed by atoms with Crippen molar-refractivity contribution in [1.29, 1.82) is 0 Å². The second-order valence-electron chi connectivity index (χ2n) is 5.10. The fraction of sp³-hybridized carbons (Fsp3) is 0.833. The Hall–Kier alpha value is -1.10. The molecular weight excluding hydrogens is 222 g/mol. The number of likely N-dealkylation sites (tertiary alicyclic amines) is 1. The van der Waals surface area contributed by atoms with E-state index in [0.29, 0.717) is 32.5 Å². The lowest BCUT2D eigenvalue weighted by atomic mass is 9.90. The summed E-state index contributed by atoms with van der Waals surface area (Å²) in [5.41, 5.74) is -0.783. The lowest BCUT2D eigenvalue weighted by Gasteiger charge is -2.20. The van der Waals surface area contributed by atoms with Crippen LogP contribution in [-0.4, -0.2) is 47.7 Å². The van der Waals surface area contributed by atoms with E-state index in [0.717, 1.165) is 0 Å². The highest BCUT2D eigenvalue weighted by Crippen LogP contribution is 2.30. The largest absolute Gasteiger partial charge is 0.481 e. The van der Waals surface area contributed by atoms with Crippen LogP contribution in [0.2, 0.25) is 0 Å². The van der Waals surface area contributed by atoms with Crippen molar-refractivity contribution in [3.8, 4) is 0 Å². The molecule has 0 aliphatic carbocycles. The summed E-state index contributed by atoms with van der Waals surface area (Å²) in [6, 6.07) is 0. The molecule has 1 rings (SSSR count). The molecule has 5 nitrogen and oxygen atoms in total. The smallest absolute Gasteiger partial charge is 0.311 e. The molecule has 0 radical (unpaired) electrons. The lowest BCUT2D eigenvalue weighted by Crippen LogP contribution is -2.35. The monoisotopic (exact) mass is 243 g/mol. The van der Waals surface area contributed by atoms with Gasteiger partial charge in [-0.15, -0.1) is 0 Å². The molecule has 1 atom stereocenters. The van der Waals surface area contributed by atoms with Crippen LogP contribution in [0.3, 0.4) is 0 Å². The predicted molar refractivity (Wildman–Crippen MR) is 62.6 cm³/mol. The van der Waals surface area contributed by atoms with Crippen molar-refractivity contribution in [2.24, 2.45) is 5.41 Å². The number of nitrogens with zero attached hydrogens (tertiary/aromatic N) is 1. The summed E-state index contributed by atoms with van der Waals surface area (Å²) in [5, 5.41) is 9.06. The normalized spacial score (nSPS) is 24.4. The minimum absolute atomic E-state index is 0.0179. The molecule has 1 aliphatic rings. The lowest BCUT2D eigenvalue weighted by molar-refractivity contribution is -0.147. The average Bonchev–Trinajstić information content (AvgIpc) is 2.62. The first-order valence-electron chi connectivity index (χ1n) is 5.98. The van der Waals surface area contributed by atoms with Crippen LogP contribution < -0.4 is 0 Å². The Kier molecular flexibility index (Phi) is 4.51. The number of ether oxygens (including phenoxy) is 1. The number of rotatable bonds is 5. The number of hydrogen-bond acceptors (Lipinski definition) is 3. The fourth-order valence-electron chi connectivity index (χ4n) is 1.89. The molecule has 17 heavy (non-hydrogen) atoms. The SMILES string of the molecule is CC(C)OCCC(=O)N1CC[C@@](C)(C(=O)O)C1. The molecule has 0 aromatic carbocycles. The molecule has 0 aromatic rings. The van der Waals surface area contributed by atoms with E-state index in [4.69, 9.17) is 9.84 Å². The Morgan fingerprint density at radius 3 is 2.59 bits per heavy atom. The van der Waals surface area contributed by atoms with Crippen LogP contribution in [0.25, 0.3) is 0 Å². The Morgan fingerprint density at radius 1 is 1.47 bits per heavy atom. The molecule has 0 bridgehead atoms. The molecule has 1 aliphatic heterocycles. The van der Waals surface area contributed by atoms with Crippen molar-refractivity contribution in [1.82, 2.24) is 4.90 Å². The third-order valence-corrected chi connectivity index (χ3v) is 3.11. The fourth-order valence-corrected chi connectivity index (χ4v) is 1.89. The highest BCUT2D eigenvalue weighted by molar-refractivity contribution is 5.80. The maximum Gasteiger partial charge on any atom is 0.311 e. The van der Waals surface area contributed by atoms with Crippen LogP contribution in [0, 0.1) is 5.41 Å². The minimum atomic E-state index is -0.828. The number of carbonyl (C=O) groups excluding carboxylic acids is 1. The summed E-state index contributed by atoms with van der Waals surface area (Å²) in [7, 11) is 0. The number of carboxylic acids is 1. The van der Waals surface area contributed by atoms with Crippen molar-refractivity contribution in [3.63, 3.8) is 0 Å². The Balaban J connectivity index is 2.38. The van der Waals surface area contributed by atoms with Gasteiger partial charge in [0.25, 0.3) is 0 Å². The number of hydrogen-bond donors (Lipinski definition) is 1. The van der Waals surface area contributed by atoms with Gasteiger partial charge in [0.05, 0.1) is 24.5 Å². The topological polar surface area (TPSA) is 66.8 Å². The molecule has 0 saturated carbocycles. The Bertz CT molecular complexity index is 303. The number of carbonyl (C=O) groups is 2. The van der Waals surface area contributed by atoms with Gasteiger partial charge in [-0.2, -0.15) is 0 Å². The Labute approximate surface area is 102 Å². The van der Waals surface area contributed by atoms with Crippen LogP contribution in [-0.2, 0) is 14.3 Å². The van der Waals surface area contributed by atoms with E-state index in [1.807, 2.05) is 13.8 Å². The van der Waals surface area contributed by atoms with Crippen molar-refractivity contribution in [2.75, 3.05) is 19.7 Å². The van der Waals surface area contributed by atoms with Gasteiger partial charge in [0.15, 0.2) is 0 Å². The summed E-state index contributed by atoms with van der Waals surface area (Å²) >= 11 is 0. The molecule has 0 spiro atoms. The number of carboxylic acid groups (broad SMARTS) is 1. The van der Waals surface area contributed by atoms with Gasteiger partial charge in [-0.3, -0.25) is 9.59 Å². The van der Waals surface area contributed by atoms with Crippen molar-refractivity contribution in [3.05, 3.63) is 0 Å². The Morgan fingerprint density at radius 2 is 2.12 bits per heavy atom. The van der Waals surface area contributed by atoms with E-state index in [-0.39, 0.29) is 12.0 Å². The third-order valence-electron chi connectivity index (χ3n) is 3.11. The maximum absolute atomic E-state index is 11.8. The van der Waals surface area contributed by atoms with Crippen molar-refractivity contribution < 1.29 is 19.4 Å². The molecule has 1 saturated heterocycles. The van der Waals surface area contributed by atoms with Crippen molar-refractivity contribution in [2.45, 2.75) is 39.7 Å². The van der Waals surface area contributed by atoms with Gasteiger partial charge in [0, 0.05) is 13.1 Å². The first kappa shape index (κ1) is 14.0. The number of aliphatic carboxylic acids is 1. The van der Waals surface area contributed by atoms with E-state index < -0.39 is 11.4 Å². The van der Waals surface area contributed by atoms with Crippen LogP contribution >= 0.6 is 0 Å². The van der Waals surface area contributed by atoms with Crippen LogP contribution in [0.15, 0.2) is 0 Å². The van der Waals surface area contributed by atoms with Gasteiger partial charge in [0.1, 0.15) is 0 Å². The zero-order valence-corrected chi connectivity index (χ0v) is 10.7. The predicted octanol–water partition coefficient (Wildman–Crippen LogP) is 1.12. The molecule has 1 heterocycles. The molecule has 1 amide bonds. The summed E-state index contributed by atoms with van der Waals surface area (Å²) in [5.74, 6) is -0.846. The van der Waals surface area contributed by atoms with Gasteiger partial charge >= 0.3 is 5.97 Å². The first-order valence-corrected chi connectivity index (χ1v) is 5.98. The van der Waals surface area contributed by atoms with E-state index >= 15 is 0 Å².